The number of aromatic amines is 2. The zero-order valence-electron chi connectivity index (χ0n) is 85.3. The number of hydrogen-bond donors (Lipinski definition) is 10. The van der Waals surface area contributed by atoms with Gasteiger partial charge in [-0.2, -0.15) is 15.2 Å². The Morgan fingerprint density at radius 1 is 0.448 bits per heavy atom. The second-order valence-electron chi connectivity index (χ2n) is 40.1. The predicted octanol–water partition coefficient (Wildman–Crippen LogP) is 19.7. The van der Waals surface area contributed by atoms with Gasteiger partial charge in [0, 0.05) is 113 Å². The normalized spacial score (nSPS) is 16.6. The predicted molar refractivity (Wildman–Crippen MR) is 592 cm³/mol. The van der Waals surface area contributed by atoms with Crippen LogP contribution in [0.3, 0.4) is 0 Å². The first-order valence-electron chi connectivity index (χ1n) is 47.4. The van der Waals surface area contributed by atoms with Gasteiger partial charge in [-0.15, -0.1) is 58.3 Å². The number of halogens is 7. The van der Waals surface area contributed by atoms with Crippen molar-refractivity contribution in [2.45, 2.75) is 268 Å². The molecule has 12 aromatic rings. The zero-order chi connectivity index (χ0) is 104. The lowest BCUT2D eigenvalue weighted by molar-refractivity contribution is -0.123. The Balaban J connectivity index is 0.000000175. The van der Waals surface area contributed by atoms with Crippen LogP contribution in [0, 0.1) is 0 Å². The summed E-state index contributed by atoms with van der Waals surface area (Å²) in [5.41, 5.74) is 21.1. The van der Waals surface area contributed by atoms with Gasteiger partial charge < -0.3 is 70.9 Å². The molecule has 42 heteroatoms. The van der Waals surface area contributed by atoms with Crippen molar-refractivity contribution >= 4 is 234 Å². The number of nitrogens with two attached hydrogens (primary N) is 1. The number of carbonyl (C=O) groups is 5. The van der Waals surface area contributed by atoms with E-state index < -0.39 is 19.3 Å². The van der Waals surface area contributed by atoms with Crippen LogP contribution in [0.2, 0.25) is 5.28 Å². The Morgan fingerprint density at radius 2 is 0.811 bits per heavy atom. The van der Waals surface area contributed by atoms with Crippen molar-refractivity contribution in [1.29, 1.82) is 0 Å². The van der Waals surface area contributed by atoms with Gasteiger partial charge in [-0.3, -0.25) is 48.9 Å². The fourth-order valence-corrected chi connectivity index (χ4v) is 18.3. The maximum atomic E-state index is 12.2. The fourth-order valence-electron chi connectivity index (χ4n) is 15.6. The lowest BCUT2D eigenvalue weighted by Gasteiger charge is -2.32. The molecule has 6 aromatic carbocycles. The van der Waals surface area contributed by atoms with Gasteiger partial charge in [0.15, 0.2) is 17.5 Å². The molecule has 30 nitrogen and oxygen atoms in total. The zero-order valence-corrected chi connectivity index (χ0v) is 93.9. The fraction of sp³-hybridized carbons (Fsp3) is 0.455. The molecule has 0 radical (unpaired) electrons. The summed E-state index contributed by atoms with van der Waals surface area (Å²) in [6, 6.07) is 42.5. The number of rotatable bonds is 19. The molecular formula is C101H133B3Br2Cl5N19O11S2. The van der Waals surface area contributed by atoms with Gasteiger partial charge in [0.05, 0.1) is 103 Å². The number of nitrogens with one attached hydrogen (secondary N) is 9. The van der Waals surface area contributed by atoms with Gasteiger partial charge in [0.2, 0.25) is 34.2 Å². The van der Waals surface area contributed by atoms with E-state index in [-0.39, 0.29) is 118 Å². The van der Waals surface area contributed by atoms with Crippen LogP contribution in [0.15, 0.2) is 153 Å². The molecule has 6 aromatic heterocycles. The van der Waals surface area contributed by atoms with Crippen molar-refractivity contribution in [2.75, 3.05) is 42.0 Å². The van der Waals surface area contributed by atoms with Crippen LogP contribution in [-0.2, 0) is 104 Å². The Labute approximate surface area is 891 Å². The van der Waals surface area contributed by atoms with Gasteiger partial charge >= 0.3 is 21.1 Å². The Morgan fingerprint density at radius 3 is 1.23 bits per heavy atom. The van der Waals surface area contributed by atoms with Crippen molar-refractivity contribution < 1.29 is 51.9 Å². The average molecular weight is 2220 g/mol. The number of thiophene rings is 2. The summed E-state index contributed by atoms with van der Waals surface area (Å²) in [4.78, 5) is 80.4. The van der Waals surface area contributed by atoms with E-state index in [4.69, 9.17) is 90.0 Å². The molecule has 7 aliphatic heterocycles. The highest BCUT2D eigenvalue weighted by atomic mass is 79.9. The van der Waals surface area contributed by atoms with Crippen molar-refractivity contribution in [2.24, 2.45) is 5.73 Å². The number of benzene rings is 6. The minimum absolute atomic E-state index is 0. The molecule has 0 unspecified atom stereocenters. The number of H-pyrrole nitrogens is 2. The first-order chi connectivity index (χ1) is 66.8. The lowest BCUT2D eigenvalue weighted by atomic mass is 9.49. The first kappa shape index (κ1) is 117. The Hall–Kier alpha value is -8.35. The van der Waals surface area contributed by atoms with E-state index in [0.717, 1.165) is 133 Å². The molecule has 3 fully saturated rings. The van der Waals surface area contributed by atoms with Gasteiger partial charge in [-0.05, 0) is 307 Å². The standard InChI is InChI=1S/C26H25N7OS.C19H29BN2O3.C13H17BrN2O.C13H8ClN5S.C12H24B2O4.C8H8BrN.C5H10ClNO.C3H9N.C2H2Cl2O.ClH/c1-15(2)28-23(34)14-33-12-17-4-3-16(9-19(17)13-33)25-30-22-7-8-35-24(22)26(31-25)29-20-5-6-21-18(10-20)11-27-32-21;1-13(2)21-17(23)12-22-10-14-7-8-16(9-15(14)11-22)20-24-18(3,4)19(5,6)25-20;1-9(2)15-13(17)8-16-6-10-3-4-12(14)5-11(10)7-16;14-13-17-10-3-4-20-11(10)12(18-13)16-8-1-2-9-7(5-8)6-15-19-9;1-9(2)10(3,4)16-13(15-9)14-17-11(5,6)12(7,8)18-14;9-8-2-1-6-4-10-5-7(6)3-8;1-4(2)7-5(8)3-6;1-3(2)4;3-1-2(4)5;/h3-11,15H,12-14H2,1-2H3,(H,27,32)(H,28,34)(H,29,30,31);7-9,13H,10-12H2,1-6H3,(H,21,23);3-5,9H,6-8H2,1-2H3,(H,15,17);1-6H,(H,15,19)(H,16,17,18);1-8H3;1-3,10H,4-5H2;4H,3H2,1-2H3,(H,7,8);3H,4H2,1-2H3;1H2;1H. The quantitative estimate of drug-likeness (QED) is 0.0156. The van der Waals surface area contributed by atoms with Gasteiger partial charge in [0.1, 0.15) is 5.88 Å². The smallest absolute Gasteiger partial charge is 0.405 e. The summed E-state index contributed by atoms with van der Waals surface area (Å²) in [6.45, 7) is 52.2. The highest BCUT2D eigenvalue weighted by Crippen LogP contribution is 2.45. The number of amides is 4. The molecule has 0 atom stereocenters. The van der Waals surface area contributed by atoms with Gasteiger partial charge in [-0.1, -0.05) is 88.2 Å². The lowest BCUT2D eigenvalue weighted by Crippen LogP contribution is -2.41. The van der Waals surface area contributed by atoms with E-state index in [0.29, 0.717) is 31.5 Å². The van der Waals surface area contributed by atoms with Crippen LogP contribution in [-0.4, -0.2) is 200 Å². The van der Waals surface area contributed by atoms with E-state index in [1.165, 1.54) is 49.0 Å². The third-order valence-corrected chi connectivity index (χ3v) is 28.2. The van der Waals surface area contributed by atoms with Gasteiger partial charge in [0.25, 0.3) is 0 Å². The molecule has 0 bridgehead atoms. The summed E-state index contributed by atoms with van der Waals surface area (Å²) in [5, 5.41) is 41.4. The molecule has 4 amide bonds. The van der Waals surface area contributed by atoms with E-state index in [1.54, 1.807) is 28.9 Å². The van der Waals surface area contributed by atoms with Crippen molar-refractivity contribution in [3.63, 3.8) is 0 Å². The number of nitrogens with zero attached hydrogens (tertiary/aromatic N) is 9. The molecule has 7 aliphatic rings. The number of hydrogen-bond acceptors (Lipinski definition) is 26. The molecule has 0 saturated carbocycles. The van der Waals surface area contributed by atoms with Crippen LogP contribution in [0.4, 0.5) is 23.0 Å². The van der Waals surface area contributed by atoms with Crippen LogP contribution >= 0.6 is 113 Å². The minimum Gasteiger partial charge on any atom is -0.405 e. The van der Waals surface area contributed by atoms with Crippen LogP contribution in [0.25, 0.3) is 53.6 Å². The maximum absolute atomic E-state index is 12.2. The number of fused-ring (bicyclic) bond motifs is 8. The Bertz CT molecular complexity index is 6270. The SMILES string of the molecule is Brc1ccc2c(c1)CNC2.CC(C)N.CC(C)NC(=O)CCl.CC(C)NC(=O)CN1Cc2ccc(-c3nc(Nc4ccc5[nH]ncc5c4)c4sccc4n3)cc2C1.CC(C)NC(=O)CN1Cc2ccc(B3OC(C)(C)C(C)(C)O3)cc2C1.CC(C)NC(=O)CN1Cc2ccc(Br)cc2C1.CC1(C)OB(B2OC(C)(C)C(C)(C)O2)OC1(C)C.Cl.Clc1nc(Nc2ccc3[nH]ncc3c2)c2sccc2n1.O=C(Cl)CCl. The van der Waals surface area contributed by atoms with E-state index in [9.17, 15) is 24.0 Å². The van der Waals surface area contributed by atoms with Crippen LogP contribution in [0.1, 0.15) is 197 Å². The molecule has 13 heterocycles. The summed E-state index contributed by atoms with van der Waals surface area (Å²) in [7, 11) is -1.29. The van der Waals surface area contributed by atoms with E-state index in [2.05, 4.69) is 221 Å². The third kappa shape index (κ3) is 33.1. The summed E-state index contributed by atoms with van der Waals surface area (Å²) < 4.78 is 40.4. The summed E-state index contributed by atoms with van der Waals surface area (Å²) >= 11 is 30.8. The monoisotopic (exact) mass is 2220 g/mol. The highest BCUT2D eigenvalue weighted by Gasteiger charge is 2.64. The molecule has 768 valence electrons. The number of aromatic nitrogens is 8. The molecular weight excluding hydrogens is 2090 g/mol. The highest BCUT2D eigenvalue weighted by molar-refractivity contribution is 9.10. The second kappa shape index (κ2) is 51.5. The topological polar surface area (TPSA) is 370 Å². The Kier molecular flexibility index (Phi) is 42.0. The molecule has 19 rings (SSSR count). The average Bonchev–Trinajstić information content (AvgIpc) is 1.59. The molecule has 143 heavy (non-hydrogen) atoms. The second-order valence-corrected chi connectivity index (χ2v) is 45.0. The van der Waals surface area contributed by atoms with Gasteiger partial charge in [-0.25, -0.2) is 15.0 Å². The van der Waals surface area contributed by atoms with Crippen molar-refractivity contribution in [1.82, 2.24) is 81.6 Å². The third-order valence-electron chi connectivity index (χ3n) is 24.4. The number of anilines is 4. The number of alkyl halides is 2. The minimum atomic E-state index is -0.508. The van der Waals surface area contributed by atoms with Crippen LogP contribution in [0.5, 0.6) is 0 Å². The molecule has 11 N–H and O–H groups in total. The summed E-state index contributed by atoms with van der Waals surface area (Å²) in [5.74, 6) is 2.28. The maximum Gasteiger partial charge on any atom is 0.494 e. The number of carbonyl (C=O) groups excluding carboxylic acids is 5. The van der Waals surface area contributed by atoms with Crippen LogP contribution < -0.4 is 48.4 Å². The van der Waals surface area contributed by atoms with Crippen molar-refractivity contribution in [3.05, 3.63) is 203 Å². The van der Waals surface area contributed by atoms with E-state index >= 15 is 0 Å². The van der Waals surface area contributed by atoms with E-state index in [1.807, 2.05) is 184 Å². The molecule has 3 saturated heterocycles. The molecule has 0 spiro atoms. The first-order valence-corrected chi connectivity index (χ1v) is 52.5. The summed E-state index contributed by atoms with van der Waals surface area (Å²) in [6.07, 6.45) is 3.60. The van der Waals surface area contributed by atoms with Crippen molar-refractivity contribution in [3.8, 4) is 11.4 Å². The largest absolute Gasteiger partial charge is 0.494 e. The molecule has 0 aliphatic carbocycles.